The smallest absolute Gasteiger partial charge is 0.237 e. The molecule has 6 heteroatoms. The average molecular weight is 286 g/mol. The Balaban J connectivity index is 1.69. The number of rotatable bonds is 3. The van der Waals surface area contributed by atoms with Crippen molar-refractivity contribution in [2.24, 2.45) is 17.8 Å². The normalized spacial score (nSPS) is 37.4. The van der Waals surface area contributed by atoms with Gasteiger partial charge in [-0.2, -0.15) is 0 Å². The molecule has 19 heavy (non-hydrogen) atoms. The molecule has 1 N–H and O–H groups in total. The lowest BCUT2D eigenvalue weighted by atomic mass is 9.68. The van der Waals surface area contributed by atoms with Crippen LogP contribution in [0.5, 0.6) is 0 Å². The fraction of sp³-hybridized carbons (Fsp3) is 0.923. The van der Waals surface area contributed by atoms with Gasteiger partial charge in [-0.05, 0) is 49.9 Å². The van der Waals surface area contributed by atoms with Crippen LogP contribution in [-0.2, 0) is 14.8 Å². The number of hydrogen-bond acceptors (Lipinski definition) is 3. The summed E-state index contributed by atoms with van der Waals surface area (Å²) in [6.45, 7) is 0.749. The molecule has 0 spiro atoms. The van der Waals surface area contributed by atoms with Crippen molar-refractivity contribution in [3.63, 3.8) is 0 Å². The van der Waals surface area contributed by atoms with Crippen molar-refractivity contribution >= 4 is 15.9 Å². The SMILES string of the molecule is CS(=O)(=O)NCC(=O)N1CC2C[C@@H]3CC1C[C@H](C2)C3. The molecule has 5 nitrogen and oxygen atoms in total. The molecule has 2 aliphatic carbocycles. The van der Waals surface area contributed by atoms with E-state index >= 15 is 0 Å². The molecule has 0 radical (unpaired) electrons. The Morgan fingerprint density at radius 3 is 2.26 bits per heavy atom. The van der Waals surface area contributed by atoms with Crippen molar-refractivity contribution in [2.75, 3.05) is 19.3 Å². The van der Waals surface area contributed by atoms with E-state index in [2.05, 4.69) is 4.72 Å². The highest BCUT2D eigenvalue weighted by Crippen LogP contribution is 2.47. The van der Waals surface area contributed by atoms with Crippen LogP contribution in [0.25, 0.3) is 0 Å². The van der Waals surface area contributed by atoms with Gasteiger partial charge < -0.3 is 4.90 Å². The maximum atomic E-state index is 12.3. The largest absolute Gasteiger partial charge is 0.338 e. The topological polar surface area (TPSA) is 66.5 Å². The van der Waals surface area contributed by atoms with Gasteiger partial charge in [0.25, 0.3) is 0 Å². The van der Waals surface area contributed by atoms with Gasteiger partial charge in [-0.15, -0.1) is 0 Å². The van der Waals surface area contributed by atoms with Crippen LogP contribution in [-0.4, -0.2) is 44.6 Å². The summed E-state index contributed by atoms with van der Waals surface area (Å²) in [4.78, 5) is 14.2. The summed E-state index contributed by atoms with van der Waals surface area (Å²) in [6, 6.07) is 0.352. The van der Waals surface area contributed by atoms with Gasteiger partial charge >= 0.3 is 0 Å². The lowest BCUT2D eigenvalue weighted by Gasteiger charge is -2.39. The quantitative estimate of drug-likeness (QED) is 0.825. The molecule has 1 amide bonds. The number of amides is 1. The zero-order chi connectivity index (χ0) is 13.6. The summed E-state index contributed by atoms with van der Waals surface area (Å²) < 4.78 is 24.5. The van der Waals surface area contributed by atoms with Crippen LogP contribution in [0.15, 0.2) is 0 Å². The third-order valence-corrected chi connectivity index (χ3v) is 5.58. The summed E-state index contributed by atoms with van der Waals surface area (Å²) in [5.74, 6) is 2.17. The van der Waals surface area contributed by atoms with E-state index in [9.17, 15) is 13.2 Å². The van der Waals surface area contributed by atoms with Gasteiger partial charge in [0.05, 0.1) is 12.8 Å². The first kappa shape index (κ1) is 13.4. The fourth-order valence-corrected chi connectivity index (χ4v) is 4.77. The third kappa shape index (κ3) is 2.94. The van der Waals surface area contributed by atoms with Gasteiger partial charge in [-0.1, -0.05) is 0 Å². The molecule has 4 rings (SSSR count). The first-order chi connectivity index (χ1) is 8.90. The van der Waals surface area contributed by atoms with Gasteiger partial charge in [0.15, 0.2) is 0 Å². The molecule has 2 heterocycles. The predicted octanol–water partition coefficient (Wildman–Crippen LogP) is 0.573. The minimum Gasteiger partial charge on any atom is -0.338 e. The lowest BCUT2D eigenvalue weighted by molar-refractivity contribution is -0.132. The highest BCUT2D eigenvalue weighted by Gasteiger charge is 2.43. The monoisotopic (exact) mass is 286 g/mol. The molecule has 4 aliphatic rings. The first-order valence-corrected chi connectivity index (χ1v) is 9.04. The molecular weight excluding hydrogens is 264 g/mol. The molecule has 0 aromatic heterocycles. The molecule has 0 aromatic rings. The Morgan fingerprint density at radius 2 is 1.68 bits per heavy atom. The van der Waals surface area contributed by atoms with Crippen LogP contribution >= 0.6 is 0 Å². The Hall–Kier alpha value is -0.620. The molecule has 2 unspecified atom stereocenters. The number of carbonyl (C=O) groups is 1. The van der Waals surface area contributed by atoms with E-state index in [-0.39, 0.29) is 12.5 Å². The number of fused-ring (bicyclic) bond motifs is 1. The van der Waals surface area contributed by atoms with Crippen LogP contribution in [0.2, 0.25) is 0 Å². The Morgan fingerprint density at radius 1 is 1.11 bits per heavy atom. The summed E-state index contributed by atoms with van der Waals surface area (Å²) in [5, 5.41) is 0. The van der Waals surface area contributed by atoms with E-state index in [0.29, 0.717) is 12.0 Å². The number of hydrogen-bond donors (Lipinski definition) is 1. The summed E-state index contributed by atoms with van der Waals surface area (Å²) in [5.41, 5.74) is 0. The van der Waals surface area contributed by atoms with Gasteiger partial charge in [0.1, 0.15) is 0 Å². The fourth-order valence-electron chi connectivity index (χ4n) is 4.38. The number of nitrogens with one attached hydrogen (secondary N) is 1. The highest BCUT2D eigenvalue weighted by molar-refractivity contribution is 7.88. The average Bonchev–Trinajstić information content (AvgIpc) is 2.49. The lowest BCUT2D eigenvalue weighted by Crippen LogP contribution is -2.46. The van der Waals surface area contributed by atoms with E-state index < -0.39 is 10.0 Å². The van der Waals surface area contributed by atoms with Crippen molar-refractivity contribution in [1.82, 2.24) is 9.62 Å². The minimum absolute atomic E-state index is 0.0522. The summed E-state index contributed by atoms with van der Waals surface area (Å²) in [6.07, 6.45) is 7.20. The van der Waals surface area contributed by atoms with Crippen molar-refractivity contribution in [1.29, 1.82) is 0 Å². The van der Waals surface area contributed by atoms with E-state index in [1.54, 1.807) is 0 Å². The van der Waals surface area contributed by atoms with Crippen LogP contribution in [0.3, 0.4) is 0 Å². The standard InChI is InChI=1S/C13H22N2O3S/c1-19(17,18)14-7-13(16)15-8-11-3-9-2-10(4-11)6-12(15)5-9/h9-12,14H,2-8H2,1H3/t9-,10+,11?,12?. The molecule has 4 bridgehead atoms. The molecule has 0 aromatic carbocycles. The Labute approximate surface area is 114 Å². The number of sulfonamides is 1. The van der Waals surface area contributed by atoms with E-state index in [4.69, 9.17) is 0 Å². The molecule has 2 saturated carbocycles. The maximum absolute atomic E-state index is 12.3. The molecular formula is C13H22N2O3S. The van der Waals surface area contributed by atoms with Crippen molar-refractivity contribution in [3.05, 3.63) is 0 Å². The van der Waals surface area contributed by atoms with E-state index in [0.717, 1.165) is 37.5 Å². The van der Waals surface area contributed by atoms with Crippen LogP contribution in [0, 0.1) is 17.8 Å². The number of nitrogens with zero attached hydrogens (tertiary/aromatic N) is 1. The Bertz CT molecular complexity index is 462. The third-order valence-electron chi connectivity index (χ3n) is 4.91. The second-order valence-corrected chi connectivity index (χ2v) is 8.40. The number of carbonyl (C=O) groups excluding carboxylic acids is 1. The van der Waals surface area contributed by atoms with E-state index in [1.807, 2.05) is 4.90 Å². The Kier molecular flexibility index (Phi) is 3.33. The molecule has 4 atom stereocenters. The zero-order valence-corrected chi connectivity index (χ0v) is 12.2. The van der Waals surface area contributed by atoms with Gasteiger partial charge in [0.2, 0.25) is 15.9 Å². The van der Waals surface area contributed by atoms with Crippen LogP contribution in [0.4, 0.5) is 0 Å². The molecule has 4 fully saturated rings. The van der Waals surface area contributed by atoms with E-state index in [1.165, 1.54) is 19.3 Å². The maximum Gasteiger partial charge on any atom is 0.237 e. The second-order valence-electron chi connectivity index (χ2n) is 6.57. The molecule has 2 aliphatic heterocycles. The van der Waals surface area contributed by atoms with Crippen LogP contribution < -0.4 is 4.72 Å². The minimum atomic E-state index is -3.29. The summed E-state index contributed by atoms with van der Waals surface area (Å²) >= 11 is 0. The van der Waals surface area contributed by atoms with Gasteiger partial charge in [-0.25, -0.2) is 13.1 Å². The van der Waals surface area contributed by atoms with Crippen LogP contribution in [0.1, 0.15) is 32.1 Å². The van der Waals surface area contributed by atoms with Crippen molar-refractivity contribution in [2.45, 2.75) is 38.1 Å². The van der Waals surface area contributed by atoms with Gasteiger partial charge in [-0.3, -0.25) is 4.79 Å². The van der Waals surface area contributed by atoms with Crippen molar-refractivity contribution < 1.29 is 13.2 Å². The predicted molar refractivity (Wildman–Crippen MR) is 71.9 cm³/mol. The van der Waals surface area contributed by atoms with Gasteiger partial charge in [0, 0.05) is 12.6 Å². The highest BCUT2D eigenvalue weighted by atomic mass is 32.2. The first-order valence-electron chi connectivity index (χ1n) is 7.15. The van der Waals surface area contributed by atoms with Crippen molar-refractivity contribution in [3.8, 4) is 0 Å². The summed E-state index contributed by atoms with van der Waals surface area (Å²) in [7, 11) is -3.29. The molecule has 2 saturated heterocycles. The molecule has 108 valence electrons. The zero-order valence-electron chi connectivity index (χ0n) is 11.3. The second kappa shape index (κ2) is 4.74.